The Morgan fingerprint density at radius 1 is 1.07 bits per heavy atom. The number of hydrogen-bond acceptors (Lipinski definition) is 6. The third-order valence-corrected chi connectivity index (χ3v) is 3.45. The number of non-ortho nitro benzene ring substituents is 1. The summed E-state index contributed by atoms with van der Waals surface area (Å²) in [4.78, 5) is 46.4. The standard InChI is InChI=1S/C18H17N3O6/c1-2-19-18(24)20-16(22)15(12-6-4-3-5-7-12)27-17(23)13-8-10-14(11-9-13)21(25)26/h3-11,15H,2H2,1H3,(H2,19,20,22,24)/t15-/m1/s1. The van der Waals surface area contributed by atoms with Crippen molar-refractivity contribution in [2.75, 3.05) is 6.54 Å². The molecule has 2 aromatic rings. The van der Waals surface area contributed by atoms with Crippen LogP contribution >= 0.6 is 0 Å². The number of ether oxygens (including phenoxy) is 1. The molecule has 0 aliphatic heterocycles. The number of nitro groups is 1. The zero-order chi connectivity index (χ0) is 19.8. The van der Waals surface area contributed by atoms with Gasteiger partial charge in [-0.05, 0) is 19.1 Å². The van der Waals surface area contributed by atoms with Crippen LogP contribution in [0.25, 0.3) is 0 Å². The molecule has 0 unspecified atom stereocenters. The predicted molar refractivity (Wildman–Crippen MR) is 94.9 cm³/mol. The second kappa shape index (κ2) is 9.09. The van der Waals surface area contributed by atoms with Gasteiger partial charge in [-0.25, -0.2) is 9.59 Å². The van der Waals surface area contributed by atoms with E-state index in [2.05, 4.69) is 10.6 Å². The van der Waals surface area contributed by atoms with Crippen molar-refractivity contribution in [2.45, 2.75) is 13.0 Å². The monoisotopic (exact) mass is 371 g/mol. The highest BCUT2D eigenvalue weighted by molar-refractivity contribution is 5.99. The molecule has 0 spiro atoms. The van der Waals surface area contributed by atoms with E-state index >= 15 is 0 Å². The van der Waals surface area contributed by atoms with Crippen molar-refractivity contribution in [2.24, 2.45) is 0 Å². The van der Waals surface area contributed by atoms with Crippen LogP contribution in [0.15, 0.2) is 54.6 Å². The molecule has 0 aliphatic rings. The van der Waals surface area contributed by atoms with E-state index in [1.807, 2.05) is 0 Å². The largest absolute Gasteiger partial charge is 0.444 e. The topological polar surface area (TPSA) is 128 Å². The van der Waals surface area contributed by atoms with Gasteiger partial charge in [0.1, 0.15) is 0 Å². The maximum absolute atomic E-state index is 12.4. The first-order chi connectivity index (χ1) is 12.9. The first-order valence-electron chi connectivity index (χ1n) is 8.01. The molecular formula is C18H17N3O6. The smallest absolute Gasteiger partial charge is 0.339 e. The number of imide groups is 1. The van der Waals surface area contributed by atoms with Crippen molar-refractivity contribution in [3.05, 3.63) is 75.8 Å². The molecule has 0 saturated heterocycles. The van der Waals surface area contributed by atoms with Crippen molar-refractivity contribution < 1.29 is 24.0 Å². The molecule has 1 atom stereocenters. The van der Waals surface area contributed by atoms with Gasteiger partial charge in [-0.3, -0.25) is 20.2 Å². The second-order valence-electron chi connectivity index (χ2n) is 5.35. The van der Waals surface area contributed by atoms with E-state index in [1.165, 1.54) is 12.1 Å². The van der Waals surface area contributed by atoms with Crippen LogP contribution < -0.4 is 10.6 Å². The third-order valence-electron chi connectivity index (χ3n) is 3.45. The summed E-state index contributed by atoms with van der Waals surface area (Å²) in [7, 11) is 0. The minimum atomic E-state index is -1.36. The number of nitrogens with zero attached hydrogens (tertiary/aromatic N) is 1. The van der Waals surface area contributed by atoms with Crippen molar-refractivity contribution in [3.63, 3.8) is 0 Å². The highest BCUT2D eigenvalue weighted by Crippen LogP contribution is 2.20. The number of hydrogen-bond donors (Lipinski definition) is 2. The molecule has 0 saturated carbocycles. The molecule has 0 heterocycles. The van der Waals surface area contributed by atoms with E-state index in [9.17, 15) is 24.5 Å². The van der Waals surface area contributed by atoms with E-state index in [4.69, 9.17) is 4.74 Å². The first kappa shape index (κ1) is 19.6. The summed E-state index contributed by atoms with van der Waals surface area (Å²) >= 11 is 0. The van der Waals surface area contributed by atoms with Crippen LogP contribution in [0.4, 0.5) is 10.5 Å². The number of esters is 1. The molecular weight excluding hydrogens is 354 g/mol. The molecule has 2 N–H and O–H groups in total. The Morgan fingerprint density at radius 2 is 1.70 bits per heavy atom. The second-order valence-corrected chi connectivity index (χ2v) is 5.35. The van der Waals surface area contributed by atoms with Gasteiger partial charge in [0, 0.05) is 24.2 Å². The summed E-state index contributed by atoms with van der Waals surface area (Å²) in [6, 6.07) is 12.2. The maximum atomic E-state index is 12.4. The van der Waals surface area contributed by atoms with Gasteiger partial charge in [0.05, 0.1) is 10.5 Å². The van der Waals surface area contributed by atoms with Gasteiger partial charge in [0.15, 0.2) is 0 Å². The average Bonchev–Trinajstić information content (AvgIpc) is 2.66. The molecule has 0 aromatic heterocycles. The van der Waals surface area contributed by atoms with Crippen molar-refractivity contribution in [3.8, 4) is 0 Å². The number of carbonyl (C=O) groups is 3. The minimum Gasteiger partial charge on any atom is -0.444 e. The molecule has 0 fully saturated rings. The summed E-state index contributed by atoms with van der Waals surface area (Å²) in [5, 5.41) is 15.2. The van der Waals surface area contributed by atoms with E-state index in [0.29, 0.717) is 12.1 Å². The number of amides is 3. The Kier molecular flexibility index (Phi) is 6.59. The van der Waals surface area contributed by atoms with Gasteiger partial charge in [0.2, 0.25) is 6.10 Å². The number of nitro benzene ring substituents is 1. The highest BCUT2D eigenvalue weighted by Gasteiger charge is 2.27. The molecule has 0 aliphatic carbocycles. The van der Waals surface area contributed by atoms with E-state index in [-0.39, 0.29) is 11.3 Å². The van der Waals surface area contributed by atoms with Gasteiger partial charge < -0.3 is 10.1 Å². The Balaban J connectivity index is 2.20. The van der Waals surface area contributed by atoms with Crippen LogP contribution in [0.2, 0.25) is 0 Å². The highest BCUT2D eigenvalue weighted by atomic mass is 16.6. The van der Waals surface area contributed by atoms with Crippen LogP contribution in [0, 0.1) is 10.1 Å². The zero-order valence-electron chi connectivity index (χ0n) is 14.4. The average molecular weight is 371 g/mol. The number of nitrogens with one attached hydrogen (secondary N) is 2. The quantitative estimate of drug-likeness (QED) is 0.456. The molecule has 2 aromatic carbocycles. The van der Waals surface area contributed by atoms with E-state index < -0.39 is 28.9 Å². The third kappa shape index (κ3) is 5.36. The predicted octanol–water partition coefficient (Wildman–Crippen LogP) is 2.34. The van der Waals surface area contributed by atoms with Crippen LogP contribution in [0.1, 0.15) is 28.9 Å². The lowest BCUT2D eigenvalue weighted by Gasteiger charge is -2.17. The summed E-state index contributed by atoms with van der Waals surface area (Å²) in [5.41, 5.74) is 0.224. The molecule has 9 heteroatoms. The lowest BCUT2D eigenvalue weighted by Crippen LogP contribution is -2.42. The minimum absolute atomic E-state index is 0.0346. The van der Waals surface area contributed by atoms with Crippen molar-refractivity contribution >= 4 is 23.6 Å². The van der Waals surface area contributed by atoms with Gasteiger partial charge in [0.25, 0.3) is 11.6 Å². The van der Waals surface area contributed by atoms with E-state index in [1.54, 1.807) is 37.3 Å². The summed E-state index contributed by atoms with van der Waals surface area (Å²) < 4.78 is 5.26. The normalized spacial score (nSPS) is 11.1. The first-order valence-corrected chi connectivity index (χ1v) is 8.01. The van der Waals surface area contributed by atoms with Crippen LogP contribution in [-0.2, 0) is 9.53 Å². The Labute approximate surface area is 154 Å². The number of carbonyl (C=O) groups excluding carboxylic acids is 3. The lowest BCUT2D eigenvalue weighted by molar-refractivity contribution is -0.384. The number of benzene rings is 2. The molecule has 0 bridgehead atoms. The van der Waals surface area contributed by atoms with Crippen molar-refractivity contribution in [1.29, 1.82) is 0 Å². The number of rotatable bonds is 6. The maximum Gasteiger partial charge on any atom is 0.339 e. The fraction of sp³-hybridized carbons (Fsp3) is 0.167. The Hall–Kier alpha value is -3.75. The summed E-state index contributed by atoms with van der Waals surface area (Å²) in [6.45, 7) is 2.01. The van der Waals surface area contributed by atoms with E-state index in [0.717, 1.165) is 12.1 Å². The number of urea groups is 1. The van der Waals surface area contributed by atoms with Gasteiger partial charge in [-0.2, -0.15) is 0 Å². The molecule has 3 amide bonds. The van der Waals surface area contributed by atoms with Crippen molar-refractivity contribution in [1.82, 2.24) is 10.6 Å². The molecule has 27 heavy (non-hydrogen) atoms. The molecule has 0 radical (unpaired) electrons. The SMILES string of the molecule is CCNC(=O)NC(=O)[C@H](OC(=O)c1ccc([N+](=O)[O-])cc1)c1ccccc1. The molecule has 140 valence electrons. The fourth-order valence-electron chi connectivity index (χ4n) is 2.18. The van der Waals surface area contributed by atoms with Gasteiger partial charge in [-0.1, -0.05) is 30.3 Å². The van der Waals surface area contributed by atoms with Crippen LogP contribution in [0.5, 0.6) is 0 Å². The van der Waals surface area contributed by atoms with Gasteiger partial charge in [-0.15, -0.1) is 0 Å². The van der Waals surface area contributed by atoms with Crippen LogP contribution in [-0.4, -0.2) is 29.4 Å². The van der Waals surface area contributed by atoms with Crippen LogP contribution in [0.3, 0.4) is 0 Å². The molecule has 9 nitrogen and oxygen atoms in total. The summed E-state index contributed by atoms with van der Waals surface area (Å²) in [6.07, 6.45) is -1.36. The fourth-order valence-corrected chi connectivity index (χ4v) is 2.18. The zero-order valence-corrected chi connectivity index (χ0v) is 14.4. The molecule has 2 rings (SSSR count). The Morgan fingerprint density at radius 3 is 2.26 bits per heavy atom. The Bertz CT molecular complexity index is 836. The van der Waals surface area contributed by atoms with Gasteiger partial charge >= 0.3 is 12.0 Å². The lowest BCUT2D eigenvalue weighted by atomic mass is 10.1. The summed E-state index contributed by atoms with van der Waals surface area (Å²) in [5.74, 6) is -1.67.